The van der Waals surface area contributed by atoms with Crippen LogP contribution in [0.3, 0.4) is 0 Å². The number of likely N-dealkylation sites (tertiary alicyclic amines) is 1. The SMILES string of the molecule is Cc1cccc2c(CCNC(=O)N3CC(C)CC(C(=O)O)C3)c[nH]c12. The smallest absolute Gasteiger partial charge is 0.317 e. The molecule has 3 N–H and O–H groups in total. The summed E-state index contributed by atoms with van der Waals surface area (Å²) in [6.07, 6.45) is 3.36. The van der Waals surface area contributed by atoms with Crippen molar-refractivity contribution >= 4 is 22.9 Å². The van der Waals surface area contributed by atoms with Crippen molar-refractivity contribution in [3.05, 3.63) is 35.5 Å². The highest BCUT2D eigenvalue weighted by Crippen LogP contribution is 2.23. The van der Waals surface area contributed by atoms with Crippen molar-refractivity contribution in [3.63, 3.8) is 0 Å². The molecule has 0 spiro atoms. The second-order valence-corrected chi connectivity index (χ2v) is 7.07. The highest BCUT2D eigenvalue weighted by molar-refractivity contribution is 5.86. The Morgan fingerprint density at radius 1 is 1.36 bits per heavy atom. The Hall–Kier alpha value is -2.50. The first-order valence-electron chi connectivity index (χ1n) is 8.77. The van der Waals surface area contributed by atoms with E-state index >= 15 is 0 Å². The number of piperidine rings is 1. The number of para-hydroxylation sites is 1. The van der Waals surface area contributed by atoms with Crippen molar-refractivity contribution in [2.24, 2.45) is 11.8 Å². The van der Waals surface area contributed by atoms with Gasteiger partial charge in [0.05, 0.1) is 5.92 Å². The highest BCUT2D eigenvalue weighted by atomic mass is 16.4. The Kier molecular flexibility index (Phi) is 4.97. The number of nitrogens with zero attached hydrogens (tertiary/aromatic N) is 1. The Bertz CT molecular complexity index is 783. The average Bonchev–Trinajstić information content (AvgIpc) is 2.99. The van der Waals surface area contributed by atoms with E-state index in [-0.39, 0.29) is 18.5 Å². The van der Waals surface area contributed by atoms with E-state index in [0.29, 0.717) is 19.5 Å². The van der Waals surface area contributed by atoms with Gasteiger partial charge in [-0.05, 0) is 36.8 Å². The number of aryl methyl sites for hydroxylation is 1. The summed E-state index contributed by atoms with van der Waals surface area (Å²) in [6.45, 7) is 5.49. The third kappa shape index (κ3) is 3.78. The average molecular weight is 343 g/mol. The number of aromatic amines is 1. The van der Waals surface area contributed by atoms with Crippen LogP contribution in [0.4, 0.5) is 4.79 Å². The molecule has 1 fully saturated rings. The summed E-state index contributed by atoms with van der Waals surface area (Å²) in [5, 5.41) is 13.3. The fourth-order valence-electron chi connectivity index (χ4n) is 3.68. The fourth-order valence-corrected chi connectivity index (χ4v) is 3.68. The zero-order chi connectivity index (χ0) is 18.0. The minimum absolute atomic E-state index is 0.172. The molecule has 0 saturated carbocycles. The van der Waals surface area contributed by atoms with Gasteiger partial charge in [-0.25, -0.2) is 4.79 Å². The quantitative estimate of drug-likeness (QED) is 0.798. The van der Waals surface area contributed by atoms with Gasteiger partial charge in [0.25, 0.3) is 0 Å². The van der Waals surface area contributed by atoms with Crippen LogP contribution >= 0.6 is 0 Å². The van der Waals surface area contributed by atoms with Crippen LogP contribution in [0.25, 0.3) is 10.9 Å². The molecule has 1 aliphatic heterocycles. The topological polar surface area (TPSA) is 85.4 Å². The molecule has 0 aliphatic carbocycles. The van der Waals surface area contributed by atoms with Gasteiger partial charge in [0.15, 0.2) is 0 Å². The number of aliphatic carboxylic acids is 1. The van der Waals surface area contributed by atoms with Crippen molar-refractivity contribution in [2.45, 2.75) is 26.7 Å². The number of benzene rings is 1. The number of carboxylic acid groups (broad SMARTS) is 1. The van der Waals surface area contributed by atoms with Crippen molar-refractivity contribution < 1.29 is 14.7 Å². The van der Waals surface area contributed by atoms with E-state index in [1.165, 1.54) is 16.5 Å². The van der Waals surface area contributed by atoms with Crippen molar-refractivity contribution in [2.75, 3.05) is 19.6 Å². The molecule has 2 heterocycles. The van der Waals surface area contributed by atoms with Crippen molar-refractivity contribution in [3.8, 4) is 0 Å². The summed E-state index contributed by atoms with van der Waals surface area (Å²) >= 11 is 0. The van der Waals surface area contributed by atoms with Gasteiger partial charge >= 0.3 is 12.0 Å². The summed E-state index contributed by atoms with van der Waals surface area (Å²) in [4.78, 5) is 28.5. The molecule has 6 nitrogen and oxygen atoms in total. The van der Waals surface area contributed by atoms with E-state index < -0.39 is 11.9 Å². The number of nitrogens with one attached hydrogen (secondary N) is 2. The van der Waals surface area contributed by atoms with Crippen LogP contribution < -0.4 is 5.32 Å². The van der Waals surface area contributed by atoms with Crippen LogP contribution in [0.15, 0.2) is 24.4 Å². The molecule has 1 aromatic heterocycles. The number of carbonyl (C=O) groups is 2. The Morgan fingerprint density at radius 3 is 2.92 bits per heavy atom. The van der Waals surface area contributed by atoms with Crippen molar-refractivity contribution in [1.82, 2.24) is 15.2 Å². The molecule has 25 heavy (non-hydrogen) atoms. The van der Waals surface area contributed by atoms with Gasteiger partial charge in [-0.15, -0.1) is 0 Å². The predicted octanol–water partition coefficient (Wildman–Crippen LogP) is 2.77. The van der Waals surface area contributed by atoms with Gasteiger partial charge in [-0.1, -0.05) is 25.1 Å². The lowest BCUT2D eigenvalue weighted by molar-refractivity contribution is -0.143. The number of hydrogen-bond acceptors (Lipinski definition) is 2. The summed E-state index contributed by atoms with van der Waals surface area (Å²) < 4.78 is 0. The Morgan fingerprint density at radius 2 is 2.16 bits per heavy atom. The van der Waals surface area contributed by atoms with E-state index in [4.69, 9.17) is 0 Å². The van der Waals surface area contributed by atoms with Crippen LogP contribution in [0, 0.1) is 18.8 Å². The molecule has 0 radical (unpaired) electrons. The molecule has 3 rings (SSSR count). The number of fused-ring (bicyclic) bond motifs is 1. The molecule has 134 valence electrons. The zero-order valence-corrected chi connectivity index (χ0v) is 14.7. The Balaban J connectivity index is 1.57. The summed E-state index contributed by atoms with van der Waals surface area (Å²) in [5.74, 6) is -1.08. The minimum Gasteiger partial charge on any atom is -0.481 e. The lowest BCUT2D eigenvalue weighted by Gasteiger charge is -2.34. The van der Waals surface area contributed by atoms with Crippen LogP contribution in [-0.2, 0) is 11.2 Å². The number of amides is 2. The second-order valence-electron chi connectivity index (χ2n) is 7.07. The normalized spacial score (nSPS) is 20.6. The molecule has 1 aliphatic rings. The van der Waals surface area contributed by atoms with Gasteiger partial charge in [0.2, 0.25) is 0 Å². The number of urea groups is 1. The second kappa shape index (κ2) is 7.17. The molecule has 1 saturated heterocycles. The molecule has 2 atom stereocenters. The van der Waals surface area contributed by atoms with Gasteiger partial charge in [-0.2, -0.15) is 0 Å². The Labute approximate surface area is 147 Å². The maximum absolute atomic E-state index is 12.4. The van der Waals surface area contributed by atoms with E-state index in [9.17, 15) is 14.7 Å². The maximum Gasteiger partial charge on any atom is 0.317 e. The highest BCUT2D eigenvalue weighted by Gasteiger charge is 2.31. The zero-order valence-electron chi connectivity index (χ0n) is 14.7. The van der Waals surface area contributed by atoms with Crippen molar-refractivity contribution in [1.29, 1.82) is 0 Å². The van der Waals surface area contributed by atoms with Gasteiger partial charge < -0.3 is 20.3 Å². The molecule has 2 amide bonds. The summed E-state index contributed by atoms with van der Waals surface area (Å²) in [5.41, 5.74) is 3.52. The number of aromatic nitrogens is 1. The third-order valence-electron chi connectivity index (χ3n) is 4.98. The molecule has 2 aromatic rings. The molecule has 6 heteroatoms. The number of carboxylic acids is 1. The van der Waals surface area contributed by atoms with Crippen LogP contribution in [0.2, 0.25) is 0 Å². The number of H-pyrrole nitrogens is 1. The van der Waals surface area contributed by atoms with E-state index in [2.05, 4.69) is 29.4 Å². The molecular weight excluding hydrogens is 318 g/mol. The maximum atomic E-state index is 12.4. The first-order chi connectivity index (χ1) is 12.0. The summed E-state index contributed by atoms with van der Waals surface area (Å²) in [7, 11) is 0. The predicted molar refractivity (Wildman–Crippen MR) is 96.6 cm³/mol. The number of rotatable bonds is 4. The largest absolute Gasteiger partial charge is 0.481 e. The number of hydrogen-bond donors (Lipinski definition) is 3. The first kappa shape index (κ1) is 17.3. The van der Waals surface area contributed by atoms with Crippen LogP contribution in [0.5, 0.6) is 0 Å². The van der Waals surface area contributed by atoms with Gasteiger partial charge in [0, 0.05) is 36.7 Å². The minimum atomic E-state index is -0.821. The molecule has 0 bridgehead atoms. The van der Waals surface area contributed by atoms with Crippen LogP contribution in [0.1, 0.15) is 24.5 Å². The van der Waals surface area contributed by atoms with E-state index in [0.717, 1.165) is 11.9 Å². The molecule has 1 aromatic carbocycles. The summed E-state index contributed by atoms with van der Waals surface area (Å²) in [6, 6.07) is 6.02. The lowest BCUT2D eigenvalue weighted by atomic mass is 9.91. The first-order valence-corrected chi connectivity index (χ1v) is 8.77. The monoisotopic (exact) mass is 343 g/mol. The molecule has 2 unspecified atom stereocenters. The third-order valence-corrected chi connectivity index (χ3v) is 4.98. The molecular formula is C19H25N3O3. The van der Waals surface area contributed by atoms with Gasteiger partial charge in [0.1, 0.15) is 0 Å². The van der Waals surface area contributed by atoms with E-state index in [1.54, 1.807) is 4.90 Å². The van der Waals surface area contributed by atoms with Crippen LogP contribution in [-0.4, -0.2) is 46.6 Å². The lowest BCUT2D eigenvalue weighted by Crippen LogP contribution is -2.49. The standard InChI is InChI=1S/C19H25N3O3/c1-12-8-15(18(23)24)11-22(10-12)19(25)20-7-6-14-9-21-17-13(2)4-3-5-16(14)17/h3-5,9,12,15,21H,6-8,10-11H2,1-2H3,(H,20,25)(H,23,24). The number of carbonyl (C=O) groups excluding carboxylic acids is 1. The van der Waals surface area contributed by atoms with E-state index in [1.807, 2.05) is 19.2 Å². The van der Waals surface area contributed by atoms with Gasteiger partial charge in [-0.3, -0.25) is 4.79 Å². The fraction of sp³-hybridized carbons (Fsp3) is 0.474.